The quantitative estimate of drug-likeness (QED) is 0.631. The van der Waals surface area contributed by atoms with Gasteiger partial charge in [0.25, 0.3) is 5.91 Å². The van der Waals surface area contributed by atoms with Gasteiger partial charge in [-0.05, 0) is 67.6 Å². The summed E-state index contributed by atoms with van der Waals surface area (Å²) in [6.07, 6.45) is 1.19. The third-order valence-electron chi connectivity index (χ3n) is 5.86. The van der Waals surface area contributed by atoms with E-state index in [1.807, 2.05) is 25.1 Å². The summed E-state index contributed by atoms with van der Waals surface area (Å²) in [6, 6.07) is 11.1. The van der Waals surface area contributed by atoms with E-state index >= 15 is 0 Å². The van der Waals surface area contributed by atoms with Crippen molar-refractivity contribution in [2.45, 2.75) is 39.7 Å². The molecule has 3 rings (SSSR count). The van der Waals surface area contributed by atoms with Gasteiger partial charge < -0.3 is 19.7 Å². The summed E-state index contributed by atoms with van der Waals surface area (Å²) in [5, 5.41) is 3.09. The van der Waals surface area contributed by atoms with Crippen molar-refractivity contribution in [1.29, 1.82) is 0 Å². The molecule has 1 fully saturated rings. The van der Waals surface area contributed by atoms with Crippen molar-refractivity contribution in [2.24, 2.45) is 11.8 Å². The molecule has 1 N–H and O–H groups in total. The molecule has 33 heavy (non-hydrogen) atoms. The first-order valence-electron chi connectivity index (χ1n) is 11.4. The molecule has 0 saturated carbocycles. The first-order valence-corrected chi connectivity index (χ1v) is 11.4. The highest BCUT2D eigenvalue weighted by Gasteiger charge is 2.28. The maximum atomic E-state index is 13.1. The van der Waals surface area contributed by atoms with Crippen LogP contribution in [0.3, 0.4) is 0 Å². The van der Waals surface area contributed by atoms with Gasteiger partial charge in [0, 0.05) is 24.6 Å². The fraction of sp³-hybridized carbons (Fsp3) is 0.462. The van der Waals surface area contributed by atoms with Crippen LogP contribution < -0.4 is 14.8 Å². The third kappa shape index (κ3) is 6.46. The predicted octanol–water partition coefficient (Wildman–Crippen LogP) is 4.60. The monoisotopic (exact) mass is 456 g/mol. The van der Waals surface area contributed by atoms with Gasteiger partial charge in [0.2, 0.25) is 5.91 Å². The van der Waals surface area contributed by atoms with Gasteiger partial charge in [-0.1, -0.05) is 19.9 Å². The summed E-state index contributed by atoms with van der Waals surface area (Å²) in [7, 11) is 1.60. The first-order chi connectivity index (χ1) is 15.8. The molecule has 1 heterocycles. The van der Waals surface area contributed by atoms with Crippen LogP contribution in [0.5, 0.6) is 11.5 Å². The number of nitrogens with one attached hydrogen (secondary N) is 1. The van der Waals surface area contributed by atoms with Crippen molar-refractivity contribution in [3.05, 3.63) is 59.4 Å². The number of hydrogen-bond acceptors (Lipinski definition) is 4. The van der Waals surface area contributed by atoms with E-state index in [2.05, 4.69) is 19.2 Å². The van der Waals surface area contributed by atoms with Crippen molar-refractivity contribution in [2.75, 3.05) is 26.8 Å². The third-order valence-corrected chi connectivity index (χ3v) is 5.86. The number of methoxy groups -OCH3 is 1. The van der Waals surface area contributed by atoms with E-state index in [9.17, 15) is 14.0 Å². The minimum atomic E-state index is -0.369. The van der Waals surface area contributed by atoms with E-state index in [-0.39, 0.29) is 29.6 Å². The molecule has 0 aliphatic carbocycles. The van der Waals surface area contributed by atoms with Gasteiger partial charge in [0.05, 0.1) is 19.8 Å². The zero-order chi connectivity index (χ0) is 24.0. The predicted molar refractivity (Wildman–Crippen MR) is 125 cm³/mol. The Morgan fingerprint density at radius 2 is 1.73 bits per heavy atom. The topological polar surface area (TPSA) is 67.9 Å². The van der Waals surface area contributed by atoms with E-state index in [1.165, 1.54) is 24.3 Å². The van der Waals surface area contributed by atoms with Crippen LogP contribution in [0, 0.1) is 17.7 Å². The maximum Gasteiger partial charge on any atom is 0.253 e. The first kappa shape index (κ1) is 24.6. The summed E-state index contributed by atoms with van der Waals surface area (Å²) in [4.78, 5) is 27.2. The Labute approximate surface area is 195 Å². The molecule has 1 aliphatic heterocycles. The molecule has 1 saturated heterocycles. The van der Waals surface area contributed by atoms with Crippen molar-refractivity contribution in [3.8, 4) is 11.5 Å². The number of halogens is 1. The SMILES string of the molecule is COc1cc(C(C)NC(=O)C2CCN(C(=O)c3ccc(F)cc3)CC2)ccc1OCC(C)C. The van der Waals surface area contributed by atoms with Gasteiger partial charge in [0.15, 0.2) is 11.5 Å². The lowest BCUT2D eigenvalue weighted by atomic mass is 9.94. The van der Waals surface area contributed by atoms with E-state index in [0.29, 0.717) is 55.5 Å². The number of benzene rings is 2. The van der Waals surface area contributed by atoms with Gasteiger partial charge in [-0.25, -0.2) is 4.39 Å². The number of amides is 2. The average Bonchev–Trinajstić information content (AvgIpc) is 2.82. The van der Waals surface area contributed by atoms with Crippen LogP contribution >= 0.6 is 0 Å². The minimum Gasteiger partial charge on any atom is -0.493 e. The number of carbonyl (C=O) groups excluding carboxylic acids is 2. The molecule has 0 aromatic heterocycles. The van der Waals surface area contributed by atoms with Crippen molar-refractivity contribution < 1.29 is 23.5 Å². The minimum absolute atomic E-state index is 0.0181. The number of likely N-dealkylation sites (tertiary alicyclic amines) is 1. The smallest absolute Gasteiger partial charge is 0.253 e. The van der Waals surface area contributed by atoms with Gasteiger partial charge in [-0.3, -0.25) is 9.59 Å². The lowest BCUT2D eigenvalue weighted by Gasteiger charge is -2.32. The van der Waals surface area contributed by atoms with Crippen LogP contribution in [0.2, 0.25) is 0 Å². The van der Waals surface area contributed by atoms with Crippen LogP contribution in [0.1, 0.15) is 55.6 Å². The zero-order valence-corrected chi connectivity index (χ0v) is 19.8. The highest BCUT2D eigenvalue weighted by Crippen LogP contribution is 2.31. The van der Waals surface area contributed by atoms with Crippen molar-refractivity contribution in [1.82, 2.24) is 10.2 Å². The Bertz CT molecular complexity index is 953. The van der Waals surface area contributed by atoms with Crippen LogP contribution in [0.25, 0.3) is 0 Å². The number of nitrogens with zero attached hydrogens (tertiary/aromatic N) is 1. The standard InChI is InChI=1S/C26H33FN2O4/c1-17(2)16-33-23-10-7-21(15-24(23)32-4)18(3)28-25(30)19-11-13-29(14-12-19)26(31)20-5-8-22(27)9-6-20/h5-10,15,17-19H,11-14,16H2,1-4H3,(H,28,30). The second kappa shape index (κ2) is 11.2. The molecule has 1 aliphatic rings. The number of rotatable bonds is 8. The summed E-state index contributed by atoms with van der Waals surface area (Å²) in [5.41, 5.74) is 1.39. The molecule has 0 spiro atoms. The number of piperidine rings is 1. The molecule has 0 bridgehead atoms. The Balaban J connectivity index is 1.54. The van der Waals surface area contributed by atoms with E-state index < -0.39 is 0 Å². The second-order valence-corrected chi connectivity index (χ2v) is 8.92. The van der Waals surface area contributed by atoms with Gasteiger partial charge in [0.1, 0.15) is 5.82 Å². The van der Waals surface area contributed by atoms with E-state index in [1.54, 1.807) is 12.0 Å². The van der Waals surface area contributed by atoms with Crippen LogP contribution in [-0.2, 0) is 4.79 Å². The summed E-state index contributed by atoms with van der Waals surface area (Å²) in [5.74, 6) is 1.06. The molecule has 7 heteroatoms. The maximum absolute atomic E-state index is 13.1. The van der Waals surface area contributed by atoms with Crippen LogP contribution in [0.15, 0.2) is 42.5 Å². The molecule has 178 valence electrons. The summed E-state index contributed by atoms with van der Waals surface area (Å²) in [6.45, 7) is 7.71. The lowest BCUT2D eigenvalue weighted by molar-refractivity contribution is -0.127. The van der Waals surface area contributed by atoms with Crippen LogP contribution in [0.4, 0.5) is 4.39 Å². The lowest BCUT2D eigenvalue weighted by Crippen LogP contribution is -2.43. The normalized spacial score (nSPS) is 15.3. The Kier molecular flexibility index (Phi) is 8.31. The average molecular weight is 457 g/mol. The second-order valence-electron chi connectivity index (χ2n) is 8.92. The molecule has 1 unspecified atom stereocenters. The summed E-state index contributed by atoms with van der Waals surface area (Å²) < 4.78 is 24.4. The molecule has 2 amide bonds. The molecule has 1 atom stereocenters. The Morgan fingerprint density at radius 3 is 2.33 bits per heavy atom. The fourth-order valence-electron chi connectivity index (χ4n) is 3.86. The van der Waals surface area contributed by atoms with Gasteiger partial charge in [-0.15, -0.1) is 0 Å². The van der Waals surface area contributed by atoms with E-state index in [4.69, 9.17) is 9.47 Å². The molecule has 2 aromatic carbocycles. The zero-order valence-electron chi connectivity index (χ0n) is 19.8. The number of hydrogen-bond donors (Lipinski definition) is 1. The van der Waals surface area contributed by atoms with Crippen molar-refractivity contribution in [3.63, 3.8) is 0 Å². The number of carbonyl (C=O) groups is 2. The molecule has 0 radical (unpaired) electrons. The van der Waals surface area contributed by atoms with Gasteiger partial charge >= 0.3 is 0 Å². The van der Waals surface area contributed by atoms with Gasteiger partial charge in [-0.2, -0.15) is 0 Å². The largest absolute Gasteiger partial charge is 0.493 e. The van der Waals surface area contributed by atoms with E-state index in [0.717, 1.165) is 5.56 Å². The molecule has 2 aromatic rings. The Hall–Kier alpha value is -3.09. The number of ether oxygens (including phenoxy) is 2. The molecular formula is C26H33FN2O4. The highest BCUT2D eigenvalue weighted by atomic mass is 19.1. The summed E-state index contributed by atoms with van der Waals surface area (Å²) >= 11 is 0. The fourth-order valence-corrected chi connectivity index (χ4v) is 3.86. The van der Waals surface area contributed by atoms with Crippen molar-refractivity contribution >= 4 is 11.8 Å². The molecule has 6 nitrogen and oxygen atoms in total. The Morgan fingerprint density at radius 1 is 1.06 bits per heavy atom. The molecular weight excluding hydrogens is 423 g/mol. The van der Waals surface area contributed by atoms with Crippen LogP contribution in [-0.4, -0.2) is 43.5 Å². The highest BCUT2D eigenvalue weighted by molar-refractivity contribution is 5.94.